The van der Waals surface area contributed by atoms with Crippen molar-refractivity contribution in [1.29, 1.82) is 0 Å². The van der Waals surface area contributed by atoms with Gasteiger partial charge in [-0.05, 0) is 37.0 Å². The highest BCUT2D eigenvalue weighted by Crippen LogP contribution is 2.26. The molecule has 0 saturated carbocycles. The Morgan fingerprint density at radius 1 is 1.30 bits per heavy atom. The van der Waals surface area contributed by atoms with Gasteiger partial charge in [0.15, 0.2) is 0 Å². The molecule has 0 aromatic heterocycles. The number of phenols is 1. The molecule has 5 nitrogen and oxygen atoms in total. The Balaban J connectivity index is 1.97. The zero-order chi connectivity index (χ0) is 14.7. The van der Waals surface area contributed by atoms with Crippen molar-refractivity contribution in [2.45, 2.75) is 19.3 Å². The van der Waals surface area contributed by atoms with E-state index in [0.717, 1.165) is 0 Å². The summed E-state index contributed by atoms with van der Waals surface area (Å²) in [6.07, 6.45) is 1.56. The summed E-state index contributed by atoms with van der Waals surface area (Å²) in [4.78, 5) is 24.6. The lowest BCUT2D eigenvalue weighted by Gasteiger charge is -2.31. The number of carboxylic acid groups (broad SMARTS) is 1. The smallest absolute Gasteiger partial charge is 0.303 e. The monoisotopic (exact) mass is 297 g/mol. The molecule has 1 aromatic rings. The van der Waals surface area contributed by atoms with E-state index in [1.54, 1.807) is 4.90 Å². The fourth-order valence-electron chi connectivity index (χ4n) is 2.41. The van der Waals surface area contributed by atoms with Crippen LogP contribution in [0.15, 0.2) is 18.2 Å². The Morgan fingerprint density at radius 2 is 1.95 bits per heavy atom. The lowest BCUT2D eigenvalue weighted by Crippen LogP contribution is -2.38. The molecule has 0 bridgehead atoms. The number of hydrogen-bond donors (Lipinski definition) is 2. The molecule has 20 heavy (non-hydrogen) atoms. The highest BCUT2D eigenvalue weighted by Gasteiger charge is 2.25. The molecule has 1 aromatic carbocycles. The normalized spacial score (nSPS) is 16.1. The van der Waals surface area contributed by atoms with E-state index < -0.39 is 5.97 Å². The number of carbonyl (C=O) groups is 2. The standard InChI is InChI=1S/C14H16ClNO4/c15-11-8-10(1-2-12(11)17)14(20)16-5-3-9(4-6-16)7-13(18)19/h1-2,8-9,17H,3-7H2,(H,18,19). The van der Waals surface area contributed by atoms with Crippen LogP contribution in [0.25, 0.3) is 0 Å². The topological polar surface area (TPSA) is 77.8 Å². The van der Waals surface area contributed by atoms with Crippen molar-refractivity contribution in [3.05, 3.63) is 28.8 Å². The second-order valence-electron chi connectivity index (χ2n) is 5.00. The Morgan fingerprint density at radius 3 is 2.50 bits per heavy atom. The summed E-state index contributed by atoms with van der Waals surface area (Å²) in [6.45, 7) is 1.10. The minimum absolute atomic E-state index is 0.0524. The number of halogens is 1. The van der Waals surface area contributed by atoms with Gasteiger partial charge < -0.3 is 15.1 Å². The molecule has 1 amide bonds. The molecule has 0 aliphatic carbocycles. The van der Waals surface area contributed by atoms with E-state index in [-0.39, 0.29) is 29.0 Å². The number of nitrogens with zero attached hydrogens (tertiary/aromatic N) is 1. The first-order chi connectivity index (χ1) is 9.47. The fourth-order valence-corrected chi connectivity index (χ4v) is 2.59. The number of likely N-dealkylation sites (tertiary alicyclic amines) is 1. The zero-order valence-electron chi connectivity index (χ0n) is 10.9. The van der Waals surface area contributed by atoms with Crippen LogP contribution in [0, 0.1) is 5.92 Å². The number of piperidine rings is 1. The number of carbonyl (C=O) groups excluding carboxylic acids is 1. The predicted molar refractivity (Wildman–Crippen MR) is 74.0 cm³/mol. The molecule has 108 valence electrons. The number of benzene rings is 1. The summed E-state index contributed by atoms with van der Waals surface area (Å²) in [5.74, 6) is -0.843. The highest BCUT2D eigenvalue weighted by molar-refractivity contribution is 6.32. The van der Waals surface area contributed by atoms with E-state index in [2.05, 4.69) is 0 Å². The van der Waals surface area contributed by atoms with Crippen molar-refractivity contribution in [3.8, 4) is 5.75 Å². The summed E-state index contributed by atoms with van der Waals surface area (Å²) in [7, 11) is 0. The number of carboxylic acids is 1. The van der Waals surface area contributed by atoms with Gasteiger partial charge in [-0.3, -0.25) is 9.59 Å². The first kappa shape index (κ1) is 14.7. The van der Waals surface area contributed by atoms with E-state index >= 15 is 0 Å². The number of amides is 1. The SMILES string of the molecule is O=C(O)CC1CCN(C(=O)c2ccc(O)c(Cl)c2)CC1. The van der Waals surface area contributed by atoms with Crippen molar-refractivity contribution < 1.29 is 19.8 Å². The minimum atomic E-state index is -0.792. The van der Waals surface area contributed by atoms with Gasteiger partial charge in [0.05, 0.1) is 5.02 Å². The molecule has 1 fully saturated rings. The highest BCUT2D eigenvalue weighted by atomic mass is 35.5. The van der Waals surface area contributed by atoms with Gasteiger partial charge in [0.25, 0.3) is 5.91 Å². The largest absolute Gasteiger partial charge is 0.506 e. The second kappa shape index (κ2) is 6.13. The molecular weight excluding hydrogens is 282 g/mol. The van der Waals surface area contributed by atoms with Crippen LogP contribution < -0.4 is 0 Å². The molecule has 2 rings (SSSR count). The van der Waals surface area contributed by atoms with Crippen LogP contribution in [0.3, 0.4) is 0 Å². The molecule has 2 N–H and O–H groups in total. The average molecular weight is 298 g/mol. The van der Waals surface area contributed by atoms with Crippen LogP contribution in [0.5, 0.6) is 5.75 Å². The first-order valence-corrected chi connectivity index (χ1v) is 6.84. The number of hydrogen-bond acceptors (Lipinski definition) is 3. The predicted octanol–water partition coefficient (Wildman–Crippen LogP) is 2.37. The van der Waals surface area contributed by atoms with E-state index in [1.165, 1.54) is 18.2 Å². The molecule has 0 unspecified atom stereocenters. The second-order valence-corrected chi connectivity index (χ2v) is 5.41. The molecule has 0 radical (unpaired) electrons. The maximum absolute atomic E-state index is 12.3. The minimum Gasteiger partial charge on any atom is -0.506 e. The van der Waals surface area contributed by atoms with Gasteiger partial charge in [-0.25, -0.2) is 0 Å². The average Bonchev–Trinajstić information content (AvgIpc) is 2.41. The summed E-state index contributed by atoms with van der Waals surface area (Å²) in [5.41, 5.74) is 0.435. The van der Waals surface area contributed by atoms with Gasteiger partial charge in [0, 0.05) is 25.1 Å². The van der Waals surface area contributed by atoms with E-state index in [0.29, 0.717) is 31.5 Å². The first-order valence-electron chi connectivity index (χ1n) is 6.47. The summed E-state index contributed by atoms with van der Waals surface area (Å²) >= 11 is 5.79. The van der Waals surface area contributed by atoms with Gasteiger partial charge in [-0.2, -0.15) is 0 Å². The Bertz CT molecular complexity index is 524. The summed E-state index contributed by atoms with van der Waals surface area (Å²) < 4.78 is 0. The van der Waals surface area contributed by atoms with Crippen LogP contribution in [0.4, 0.5) is 0 Å². The van der Waals surface area contributed by atoms with Crippen LogP contribution in [-0.4, -0.2) is 40.1 Å². The molecular formula is C14H16ClNO4. The molecule has 6 heteroatoms. The quantitative estimate of drug-likeness (QED) is 0.898. The van der Waals surface area contributed by atoms with E-state index in [9.17, 15) is 14.7 Å². The molecule has 0 spiro atoms. The number of rotatable bonds is 3. The lowest BCUT2D eigenvalue weighted by molar-refractivity contribution is -0.138. The molecule has 1 saturated heterocycles. The van der Waals surface area contributed by atoms with Crippen molar-refractivity contribution in [3.63, 3.8) is 0 Å². The van der Waals surface area contributed by atoms with Crippen LogP contribution in [0.2, 0.25) is 5.02 Å². The van der Waals surface area contributed by atoms with E-state index in [4.69, 9.17) is 16.7 Å². The molecule has 1 aliphatic heterocycles. The van der Waals surface area contributed by atoms with Crippen molar-refractivity contribution >= 4 is 23.5 Å². The molecule has 1 heterocycles. The van der Waals surface area contributed by atoms with Gasteiger partial charge in [0.1, 0.15) is 5.75 Å². The Labute approximate surface area is 121 Å². The molecule has 1 aliphatic rings. The zero-order valence-corrected chi connectivity index (χ0v) is 11.6. The van der Waals surface area contributed by atoms with E-state index in [1.807, 2.05) is 0 Å². The summed E-state index contributed by atoms with van der Waals surface area (Å²) in [5, 5.41) is 18.2. The van der Waals surface area contributed by atoms with Crippen LogP contribution in [0.1, 0.15) is 29.6 Å². The lowest BCUT2D eigenvalue weighted by atomic mass is 9.93. The van der Waals surface area contributed by atoms with Gasteiger partial charge in [0.2, 0.25) is 0 Å². The van der Waals surface area contributed by atoms with Crippen molar-refractivity contribution in [2.24, 2.45) is 5.92 Å². The molecule has 0 atom stereocenters. The number of aromatic hydroxyl groups is 1. The third-order valence-electron chi connectivity index (χ3n) is 3.56. The van der Waals surface area contributed by atoms with Gasteiger partial charge in [-0.15, -0.1) is 0 Å². The Kier molecular flexibility index (Phi) is 4.49. The van der Waals surface area contributed by atoms with Crippen molar-refractivity contribution in [2.75, 3.05) is 13.1 Å². The maximum atomic E-state index is 12.3. The third kappa shape index (κ3) is 3.42. The summed E-state index contributed by atoms with van der Waals surface area (Å²) in [6, 6.07) is 4.38. The Hall–Kier alpha value is -1.75. The van der Waals surface area contributed by atoms with Gasteiger partial charge in [-0.1, -0.05) is 11.6 Å². The number of phenolic OH excluding ortho intramolecular Hbond substituents is 1. The number of aliphatic carboxylic acids is 1. The van der Waals surface area contributed by atoms with Crippen molar-refractivity contribution in [1.82, 2.24) is 4.90 Å². The third-order valence-corrected chi connectivity index (χ3v) is 3.86. The maximum Gasteiger partial charge on any atom is 0.303 e. The van der Waals surface area contributed by atoms with Crippen LogP contribution in [-0.2, 0) is 4.79 Å². The fraction of sp³-hybridized carbons (Fsp3) is 0.429. The van der Waals surface area contributed by atoms with Crippen LogP contribution >= 0.6 is 11.6 Å². The van der Waals surface area contributed by atoms with Gasteiger partial charge >= 0.3 is 5.97 Å².